The molecule has 2 aromatic rings. The third kappa shape index (κ3) is 4.68. The zero-order chi connectivity index (χ0) is 23.0. The lowest BCUT2D eigenvalue weighted by atomic mass is 10.0. The van der Waals surface area contributed by atoms with E-state index in [2.05, 4.69) is 20.6 Å². The zero-order valence-corrected chi connectivity index (χ0v) is 18.1. The molecule has 8 nitrogen and oxygen atoms in total. The summed E-state index contributed by atoms with van der Waals surface area (Å²) < 4.78 is 39.6. The summed E-state index contributed by atoms with van der Waals surface area (Å²) in [5.41, 5.74) is 6.56. The average molecular weight is 470 g/mol. The molecule has 0 radical (unpaired) electrons. The molecule has 4 rings (SSSR count). The lowest BCUT2D eigenvalue weighted by molar-refractivity contribution is -0.137. The van der Waals surface area contributed by atoms with Crippen molar-refractivity contribution in [2.75, 3.05) is 37.2 Å². The number of carbonyl (C=O) groups is 1. The quantitative estimate of drug-likeness (QED) is 0.471. The SMILES string of the molecule is C[C@@H](Nc1nc(Cl)nc2c1CN(C(=O)N1CCNCC1)C2)c1cc(N)cc(C(F)(F)F)c1. The summed E-state index contributed by atoms with van der Waals surface area (Å²) in [5.74, 6) is 0.388. The van der Waals surface area contributed by atoms with E-state index in [1.807, 2.05) is 0 Å². The van der Waals surface area contributed by atoms with Crippen LogP contribution >= 0.6 is 11.6 Å². The largest absolute Gasteiger partial charge is 0.416 e. The Bertz CT molecular complexity index is 1030. The number of rotatable bonds is 3. The first-order valence-electron chi connectivity index (χ1n) is 10.2. The van der Waals surface area contributed by atoms with E-state index in [4.69, 9.17) is 17.3 Å². The van der Waals surface area contributed by atoms with E-state index in [0.717, 1.165) is 25.2 Å². The molecule has 1 aromatic carbocycles. The molecular formula is C20H23ClF3N7O. The number of piperazine rings is 1. The first-order chi connectivity index (χ1) is 15.1. The summed E-state index contributed by atoms with van der Waals surface area (Å²) in [5, 5.41) is 6.33. The van der Waals surface area contributed by atoms with Gasteiger partial charge in [-0.05, 0) is 42.3 Å². The van der Waals surface area contributed by atoms with Gasteiger partial charge in [0.05, 0.1) is 30.4 Å². The van der Waals surface area contributed by atoms with Gasteiger partial charge in [-0.3, -0.25) is 0 Å². The minimum absolute atomic E-state index is 0.00141. The van der Waals surface area contributed by atoms with E-state index < -0.39 is 17.8 Å². The molecule has 12 heteroatoms. The number of aromatic nitrogens is 2. The van der Waals surface area contributed by atoms with Gasteiger partial charge in [0, 0.05) is 37.4 Å². The Balaban J connectivity index is 1.56. The predicted octanol–water partition coefficient (Wildman–Crippen LogP) is 3.24. The van der Waals surface area contributed by atoms with Gasteiger partial charge in [-0.2, -0.15) is 13.2 Å². The van der Waals surface area contributed by atoms with Crippen LogP contribution in [0.25, 0.3) is 0 Å². The third-order valence-electron chi connectivity index (χ3n) is 5.57. The molecule has 0 bridgehead atoms. The van der Waals surface area contributed by atoms with Gasteiger partial charge < -0.3 is 26.2 Å². The average Bonchev–Trinajstić information content (AvgIpc) is 3.17. The fourth-order valence-corrected chi connectivity index (χ4v) is 4.10. The first-order valence-corrected chi connectivity index (χ1v) is 10.5. The monoisotopic (exact) mass is 469 g/mol. The highest BCUT2D eigenvalue weighted by Crippen LogP contribution is 2.35. The van der Waals surface area contributed by atoms with Crippen molar-refractivity contribution in [3.05, 3.63) is 45.9 Å². The summed E-state index contributed by atoms with van der Waals surface area (Å²) in [6, 6.07) is 2.79. The molecule has 32 heavy (non-hydrogen) atoms. The maximum atomic E-state index is 13.2. The highest BCUT2D eigenvalue weighted by Gasteiger charge is 2.33. The predicted molar refractivity (Wildman–Crippen MR) is 114 cm³/mol. The van der Waals surface area contributed by atoms with Crippen LogP contribution in [0.3, 0.4) is 0 Å². The summed E-state index contributed by atoms with van der Waals surface area (Å²) >= 11 is 6.09. The second-order valence-corrected chi connectivity index (χ2v) is 8.23. The Morgan fingerprint density at radius 1 is 1.19 bits per heavy atom. The standard InChI is InChI=1S/C20H23ClF3N7O/c1-11(12-6-13(20(22,23)24)8-14(25)7-12)27-17-15-9-31(10-16(15)28-18(21)29-17)19(32)30-4-2-26-3-5-30/h6-8,11,26H,2-5,9-10,25H2,1H3,(H,27,28,29)/t11-/m1/s1. The number of carbonyl (C=O) groups excluding carboxylic acids is 1. The van der Waals surface area contributed by atoms with Crippen molar-refractivity contribution in [1.29, 1.82) is 0 Å². The van der Waals surface area contributed by atoms with E-state index in [0.29, 0.717) is 42.3 Å². The number of nitrogen functional groups attached to an aromatic ring is 1. The van der Waals surface area contributed by atoms with Crippen molar-refractivity contribution < 1.29 is 18.0 Å². The van der Waals surface area contributed by atoms with Crippen LogP contribution in [0.15, 0.2) is 18.2 Å². The lowest BCUT2D eigenvalue weighted by Crippen LogP contribution is -2.50. The van der Waals surface area contributed by atoms with Crippen LogP contribution in [0.4, 0.5) is 29.5 Å². The Kier molecular flexibility index (Phi) is 6.04. The third-order valence-corrected chi connectivity index (χ3v) is 5.74. The van der Waals surface area contributed by atoms with Crippen LogP contribution in [-0.4, -0.2) is 52.0 Å². The van der Waals surface area contributed by atoms with Gasteiger partial charge in [0.2, 0.25) is 5.28 Å². The lowest BCUT2D eigenvalue weighted by Gasteiger charge is -2.31. The van der Waals surface area contributed by atoms with Gasteiger partial charge in [0.1, 0.15) is 5.82 Å². The maximum absolute atomic E-state index is 13.2. The smallest absolute Gasteiger partial charge is 0.399 e. The molecule has 2 amide bonds. The van der Waals surface area contributed by atoms with Crippen molar-refractivity contribution in [2.45, 2.75) is 32.2 Å². The minimum atomic E-state index is -4.51. The van der Waals surface area contributed by atoms with Gasteiger partial charge >= 0.3 is 12.2 Å². The van der Waals surface area contributed by atoms with Crippen LogP contribution < -0.4 is 16.4 Å². The number of nitrogens with two attached hydrogens (primary N) is 1. The summed E-state index contributed by atoms with van der Waals surface area (Å²) in [7, 11) is 0. The number of amides is 2. The molecule has 2 aliphatic rings. The number of nitrogens with one attached hydrogen (secondary N) is 2. The summed E-state index contributed by atoms with van der Waals surface area (Å²) in [6.07, 6.45) is -4.51. The van der Waals surface area contributed by atoms with Crippen LogP contribution in [0.1, 0.15) is 35.3 Å². The van der Waals surface area contributed by atoms with Crippen molar-refractivity contribution in [1.82, 2.24) is 25.1 Å². The van der Waals surface area contributed by atoms with Crippen molar-refractivity contribution >= 4 is 29.1 Å². The molecule has 0 spiro atoms. The summed E-state index contributed by atoms with van der Waals surface area (Å²) in [6.45, 7) is 5.00. The fraction of sp³-hybridized carbons (Fsp3) is 0.450. The number of hydrogen-bond donors (Lipinski definition) is 3. The van der Waals surface area contributed by atoms with Crippen LogP contribution in [-0.2, 0) is 19.3 Å². The summed E-state index contributed by atoms with van der Waals surface area (Å²) in [4.78, 5) is 24.8. The van der Waals surface area contributed by atoms with Gasteiger partial charge in [0.25, 0.3) is 0 Å². The van der Waals surface area contributed by atoms with Crippen molar-refractivity contribution in [3.8, 4) is 0 Å². The normalized spacial score (nSPS) is 17.3. The maximum Gasteiger partial charge on any atom is 0.416 e. The number of hydrogen-bond acceptors (Lipinski definition) is 6. The molecular weight excluding hydrogens is 447 g/mol. The van der Waals surface area contributed by atoms with Gasteiger partial charge in [-0.15, -0.1) is 0 Å². The molecule has 1 fully saturated rings. The number of fused-ring (bicyclic) bond motifs is 1. The second kappa shape index (κ2) is 8.62. The number of nitrogens with zero attached hydrogens (tertiary/aromatic N) is 4. The Labute approximate surface area is 187 Å². The number of halogens is 4. The van der Waals surface area contributed by atoms with E-state index in [-0.39, 0.29) is 23.5 Å². The van der Waals surface area contributed by atoms with E-state index in [1.165, 1.54) is 6.07 Å². The zero-order valence-electron chi connectivity index (χ0n) is 17.3. The van der Waals surface area contributed by atoms with E-state index >= 15 is 0 Å². The van der Waals surface area contributed by atoms with Gasteiger partial charge in [-0.25, -0.2) is 14.8 Å². The molecule has 1 saturated heterocycles. The molecule has 1 atom stereocenters. The molecule has 0 saturated carbocycles. The minimum Gasteiger partial charge on any atom is -0.399 e. The van der Waals surface area contributed by atoms with Gasteiger partial charge in [0.15, 0.2) is 0 Å². The van der Waals surface area contributed by atoms with E-state index in [9.17, 15) is 18.0 Å². The highest BCUT2D eigenvalue weighted by molar-refractivity contribution is 6.28. The van der Waals surface area contributed by atoms with Crippen molar-refractivity contribution in [3.63, 3.8) is 0 Å². The highest BCUT2D eigenvalue weighted by atomic mass is 35.5. The molecule has 0 unspecified atom stereocenters. The van der Waals surface area contributed by atoms with E-state index in [1.54, 1.807) is 16.7 Å². The second-order valence-electron chi connectivity index (χ2n) is 7.89. The molecule has 4 N–H and O–H groups in total. The molecule has 3 heterocycles. The number of anilines is 2. The first kappa shape index (κ1) is 22.4. The molecule has 172 valence electrons. The Hall–Kier alpha value is -2.79. The molecule has 0 aliphatic carbocycles. The molecule has 2 aliphatic heterocycles. The van der Waals surface area contributed by atoms with Crippen molar-refractivity contribution in [2.24, 2.45) is 0 Å². The van der Waals surface area contributed by atoms with Gasteiger partial charge in [-0.1, -0.05) is 0 Å². The topological polar surface area (TPSA) is 99.4 Å². The number of benzene rings is 1. The Morgan fingerprint density at radius 2 is 1.91 bits per heavy atom. The number of alkyl halides is 3. The fourth-order valence-electron chi connectivity index (χ4n) is 3.91. The van der Waals surface area contributed by atoms with Crippen LogP contribution in [0, 0.1) is 0 Å². The molecule has 1 aromatic heterocycles. The van der Waals surface area contributed by atoms with Crippen LogP contribution in [0.2, 0.25) is 5.28 Å². The van der Waals surface area contributed by atoms with Crippen LogP contribution in [0.5, 0.6) is 0 Å². The Morgan fingerprint density at radius 3 is 2.59 bits per heavy atom. The number of urea groups is 1.